The van der Waals surface area contributed by atoms with E-state index < -0.39 is 0 Å². The molecule has 0 saturated carbocycles. The van der Waals surface area contributed by atoms with Gasteiger partial charge in [0.1, 0.15) is 57.5 Å². The molecule has 6 aromatic rings. The van der Waals surface area contributed by atoms with Crippen LogP contribution in [-0.4, -0.2) is 13.2 Å². The summed E-state index contributed by atoms with van der Waals surface area (Å²) in [7, 11) is 0. The normalized spacial score (nSPS) is 11.1. The summed E-state index contributed by atoms with van der Waals surface area (Å²) < 4.78 is 38.3. The maximum Gasteiger partial charge on any atom is 0.133 e. The van der Waals surface area contributed by atoms with E-state index in [0.717, 1.165) is 137 Å². The molecule has 6 nitrogen and oxygen atoms in total. The fourth-order valence-electron chi connectivity index (χ4n) is 8.57. The molecule has 0 amide bonds. The van der Waals surface area contributed by atoms with E-state index in [2.05, 4.69) is 76.6 Å². The molecule has 6 heteroatoms. The van der Waals surface area contributed by atoms with Gasteiger partial charge in [0.25, 0.3) is 0 Å². The van der Waals surface area contributed by atoms with Gasteiger partial charge in [-0.25, -0.2) is 0 Å². The molecule has 0 radical (unpaired) electrons. The predicted octanol–water partition coefficient (Wildman–Crippen LogP) is 17.0. The second-order valence-corrected chi connectivity index (χ2v) is 18.1. The Morgan fingerprint density at radius 1 is 0.388 bits per heavy atom. The van der Waals surface area contributed by atoms with Crippen molar-refractivity contribution in [3.05, 3.63) is 202 Å². The summed E-state index contributed by atoms with van der Waals surface area (Å²) >= 11 is 0. The highest BCUT2D eigenvalue weighted by Gasteiger charge is 2.26. The molecule has 0 bridgehead atoms. The molecule has 0 N–H and O–H groups in total. The molecule has 0 heterocycles. The molecule has 0 aliphatic rings. The zero-order valence-electron chi connectivity index (χ0n) is 41.4. The highest BCUT2D eigenvalue weighted by atomic mass is 16.5. The van der Waals surface area contributed by atoms with Gasteiger partial charge in [-0.1, -0.05) is 62.4 Å². The molecule has 0 spiro atoms. The van der Waals surface area contributed by atoms with E-state index in [9.17, 15) is 0 Å². The summed E-state index contributed by atoms with van der Waals surface area (Å²) in [6.45, 7) is 37.8. The van der Waals surface area contributed by atoms with Gasteiger partial charge in [-0.15, -0.1) is 26.3 Å². The number of rotatable bonds is 22. The van der Waals surface area contributed by atoms with Crippen LogP contribution in [0.1, 0.15) is 93.5 Å². The maximum absolute atomic E-state index is 6.64. The van der Waals surface area contributed by atoms with E-state index in [0.29, 0.717) is 26.1 Å². The smallest absolute Gasteiger partial charge is 0.133 e. The van der Waals surface area contributed by atoms with Crippen molar-refractivity contribution in [2.24, 2.45) is 0 Å². The lowest BCUT2D eigenvalue weighted by atomic mass is 9.76. The average molecular weight is 897 g/mol. The van der Waals surface area contributed by atoms with E-state index in [4.69, 9.17) is 28.4 Å². The minimum Gasteiger partial charge on any atom is -0.493 e. The number of aryl methyl sites for hydroxylation is 8. The van der Waals surface area contributed by atoms with Crippen molar-refractivity contribution < 1.29 is 28.4 Å². The number of hydrogen-bond donors (Lipinski definition) is 0. The van der Waals surface area contributed by atoms with Gasteiger partial charge in [-0.05, 0) is 208 Å². The minimum absolute atomic E-state index is 0.347. The van der Waals surface area contributed by atoms with Crippen LogP contribution in [0.25, 0.3) is 0 Å². The SMILES string of the molecule is C=CCCOc1c(C)cc(Oc2c(C)cc(Oc3ccc(C(C)(C)c4ccc(Oc5cc(C)c(Oc6cc(C)c(OCCC=C)c(C)c6)c(C)c5)c(CC=C)c4)cc3CC=C)cc2C)cc1C. The Bertz CT molecular complexity index is 2510. The first-order valence-electron chi connectivity index (χ1n) is 23.2. The van der Waals surface area contributed by atoms with E-state index >= 15 is 0 Å². The molecule has 0 fully saturated rings. The van der Waals surface area contributed by atoms with E-state index in [1.165, 1.54) is 0 Å². The Hall–Kier alpha value is -6.92. The first kappa shape index (κ1) is 49.5. The predicted molar refractivity (Wildman–Crippen MR) is 277 cm³/mol. The fraction of sp³-hybridized carbons (Fsp3) is 0.279. The largest absolute Gasteiger partial charge is 0.493 e. The second-order valence-electron chi connectivity index (χ2n) is 18.1. The van der Waals surface area contributed by atoms with Crippen LogP contribution in [0.2, 0.25) is 0 Å². The van der Waals surface area contributed by atoms with Gasteiger partial charge in [0, 0.05) is 5.41 Å². The quantitative estimate of drug-likeness (QED) is 0.0500. The van der Waals surface area contributed by atoms with E-state index in [-0.39, 0.29) is 5.41 Å². The molecule has 0 aliphatic carbocycles. The number of benzene rings is 6. The number of hydrogen-bond acceptors (Lipinski definition) is 6. The lowest BCUT2D eigenvalue weighted by molar-refractivity contribution is 0.320. The third-order valence-electron chi connectivity index (χ3n) is 12.1. The Morgan fingerprint density at radius 3 is 0.985 bits per heavy atom. The van der Waals surface area contributed by atoms with Crippen molar-refractivity contribution in [2.75, 3.05) is 13.2 Å². The van der Waals surface area contributed by atoms with Gasteiger partial charge < -0.3 is 28.4 Å². The number of allylic oxidation sites excluding steroid dienone is 2. The third kappa shape index (κ3) is 11.9. The highest BCUT2D eigenvalue weighted by Crippen LogP contribution is 2.42. The molecule has 0 aromatic heterocycles. The molecular weight excluding hydrogens is 829 g/mol. The Labute approximate surface area is 400 Å². The van der Waals surface area contributed by atoms with Crippen LogP contribution in [0.3, 0.4) is 0 Å². The van der Waals surface area contributed by atoms with Gasteiger partial charge in [-0.3, -0.25) is 0 Å². The lowest BCUT2D eigenvalue weighted by Gasteiger charge is -2.28. The van der Waals surface area contributed by atoms with E-state index in [1.54, 1.807) is 0 Å². The summed E-state index contributed by atoms with van der Waals surface area (Å²) in [5.41, 5.74) is 12.1. The van der Waals surface area contributed by atoms with Crippen LogP contribution in [-0.2, 0) is 18.3 Å². The lowest BCUT2D eigenvalue weighted by Crippen LogP contribution is -2.19. The van der Waals surface area contributed by atoms with Crippen molar-refractivity contribution >= 4 is 0 Å². The maximum atomic E-state index is 6.64. The average Bonchev–Trinajstić information content (AvgIpc) is 3.26. The molecule has 0 saturated heterocycles. The standard InChI is InChI=1S/C61H68O6/c1-15-19-27-62-57-39(5)29-53(30-40(57)6)66-59-43(9)33-51(34-44(59)10)64-55-25-23-49(37-47(55)21-17-3)61(13,14)50-24-26-56(48(38-50)22-18-4)65-52-35-45(11)60(46(12)36-52)67-54-31-41(7)58(42(8)32-54)63-28-20-16-2/h15-18,23-26,29-38H,1-4,19-22,27-28H2,5-14H3. The van der Waals surface area contributed by atoms with Gasteiger partial charge in [-0.2, -0.15) is 0 Å². The zero-order valence-corrected chi connectivity index (χ0v) is 41.4. The third-order valence-corrected chi connectivity index (χ3v) is 12.1. The summed E-state index contributed by atoms with van der Waals surface area (Å²) in [5.74, 6) is 8.01. The molecule has 0 unspecified atom stereocenters. The van der Waals surface area contributed by atoms with Crippen LogP contribution >= 0.6 is 0 Å². The summed E-state index contributed by atoms with van der Waals surface area (Å²) in [5, 5.41) is 0. The topological polar surface area (TPSA) is 55.4 Å². The summed E-state index contributed by atoms with van der Waals surface area (Å²) in [4.78, 5) is 0. The molecule has 6 aromatic carbocycles. The first-order valence-corrected chi connectivity index (χ1v) is 23.2. The van der Waals surface area contributed by atoms with Crippen molar-refractivity contribution in [3.63, 3.8) is 0 Å². The van der Waals surface area contributed by atoms with Crippen molar-refractivity contribution in [2.45, 2.75) is 100 Å². The molecular formula is C61H68O6. The fourth-order valence-corrected chi connectivity index (χ4v) is 8.57. The van der Waals surface area contributed by atoms with Crippen molar-refractivity contribution in [1.82, 2.24) is 0 Å². The monoisotopic (exact) mass is 897 g/mol. The Balaban J connectivity index is 1.19. The van der Waals surface area contributed by atoms with E-state index in [1.807, 2.05) is 128 Å². The zero-order chi connectivity index (χ0) is 48.4. The summed E-state index contributed by atoms with van der Waals surface area (Å²) in [6.07, 6.45) is 10.5. The summed E-state index contributed by atoms with van der Waals surface area (Å²) in [6, 6.07) is 29.2. The van der Waals surface area contributed by atoms with Crippen LogP contribution < -0.4 is 28.4 Å². The van der Waals surface area contributed by atoms with Gasteiger partial charge >= 0.3 is 0 Å². The highest BCUT2D eigenvalue weighted by molar-refractivity contribution is 5.56. The Kier molecular flexibility index (Phi) is 16.3. The minimum atomic E-state index is -0.347. The first-order chi connectivity index (χ1) is 32.1. The Morgan fingerprint density at radius 2 is 0.687 bits per heavy atom. The van der Waals surface area contributed by atoms with Crippen molar-refractivity contribution in [1.29, 1.82) is 0 Å². The van der Waals surface area contributed by atoms with Crippen LogP contribution in [0.15, 0.2) is 136 Å². The molecule has 348 valence electrons. The molecule has 0 aliphatic heterocycles. The van der Waals surface area contributed by atoms with Gasteiger partial charge in [0.05, 0.1) is 13.2 Å². The van der Waals surface area contributed by atoms with Crippen LogP contribution in [0.5, 0.6) is 57.5 Å². The van der Waals surface area contributed by atoms with Gasteiger partial charge in [0.15, 0.2) is 0 Å². The van der Waals surface area contributed by atoms with Crippen LogP contribution in [0, 0.1) is 55.4 Å². The molecule has 0 atom stereocenters. The second kappa shape index (κ2) is 22.0. The number of ether oxygens (including phenoxy) is 6. The molecule has 67 heavy (non-hydrogen) atoms. The van der Waals surface area contributed by atoms with Gasteiger partial charge in [0.2, 0.25) is 0 Å². The van der Waals surface area contributed by atoms with Crippen molar-refractivity contribution in [3.8, 4) is 57.5 Å². The van der Waals surface area contributed by atoms with Crippen LogP contribution in [0.4, 0.5) is 0 Å². The molecule has 6 rings (SSSR count).